The number of carbonyl (C=O) groups is 1. The lowest BCUT2D eigenvalue weighted by Crippen LogP contribution is -2.24. The Morgan fingerprint density at radius 2 is 2.11 bits per heavy atom. The first-order valence-corrected chi connectivity index (χ1v) is 6.64. The van der Waals surface area contributed by atoms with Crippen LogP contribution in [-0.2, 0) is 9.53 Å². The summed E-state index contributed by atoms with van der Waals surface area (Å²) in [7, 11) is 0. The lowest BCUT2D eigenvalue weighted by molar-refractivity contribution is -0.151. The van der Waals surface area contributed by atoms with E-state index in [9.17, 15) is 9.18 Å². The van der Waals surface area contributed by atoms with E-state index < -0.39 is 11.4 Å². The first-order valence-electron chi connectivity index (χ1n) is 5.28. The molecule has 0 amide bonds. The van der Waals surface area contributed by atoms with Crippen LogP contribution in [0.2, 0.25) is 5.02 Å². The van der Waals surface area contributed by atoms with Crippen LogP contribution in [0.3, 0.4) is 0 Å². The van der Waals surface area contributed by atoms with Crippen LogP contribution >= 0.6 is 23.4 Å². The van der Waals surface area contributed by atoms with Gasteiger partial charge in [0.25, 0.3) is 0 Å². The largest absolute Gasteiger partial charge is 0.459 e. The molecule has 0 unspecified atom stereocenters. The van der Waals surface area contributed by atoms with Crippen molar-refractivity contribution in [2.24, 2.45) is 0 Å². The van der Waals surface area contributed by atoms with Gasteiger partial charge in [-0.15, -0.1) is 11.8 Å². The Hall–Kier alpha value is -0.940. The normalized spacial score (nSPS) is 11.4. The lowest BCUT2D eigenvalue weighted by atomic mass is 10.2. The smallest absolute Gasteiger partial charge is 0.316 e. The summed E-state index contributed by atoms with van der Waals surface area (Å²) in [5.74, 6) is -0.859. The second kappa shape index (κ2) is 5.80. The second-order valence-electron chi connectivity index (χ2n) is 4.68. The molecule has 2 N–H and O–H groups in total. The highest BCUT2D eigenvalue weighted by molar-refractivity contribution is 8.00. The molecule has 0 spiro atoms. The molecule has 0 aliphatic rings. The van der Waals surface area contributed by atoms with E-state index in [4.69, 9.17) is 22.1 Å². The first-order chi connectivity index (χ1) is 8.19. The second-order valence-corrected chi connectivity index (χ2v) is 6.10. The number of rotatable bonds is 3. The molecule has 0 bridgehead atoms. The maximum atomic E-state index is 13.2. The summed E-state index contributed by atoms with van der Waals surface area (Å²) in [6.45, 7) is 5.35. The van der Waals surface area contributed by atoms with E-state index in [1.165, 1.54) is 12.1 Å². The Morgan fingerprint density at radius 3 is 2.67 bits per heavy atom. The lowest BCUT2D eigenvalue weighted by Gasteiger charge is -2.19. The van der Waals surface area contributed by atoms with Crippen molar-refractivity contribution in [1.29, 1.82) is 0 Å². The third-order valence-electron chi connectivity index (χ3n) is 1.82. The molecule has 3 nitrogen and oxygen atoms in total. The number of hydrogen-bond acceptors (Lipinski definition) is 4. The molecule has 0 atom stereocenters. The predicted octanol–water partition coefficient (Wildman–Crippen LogP) is 3.50. The van der Waals surface area contributed by atoms with Crippen LogP contribution < -0.4 is 5.73 Å². The van der Waals surface area contributed by atoms with E-state index in [2.05, 4.69) is 0 Å². The van der Waals surface area contributed by atoms with Gasteiger partial charge in [-0.2, -0.15) is 0 Å². The van der Waals surface area contributed by atoms with Crippen molar-refractivity contribution < 1.29 is 13.9 Å². The number of halogens is 2. The predicted molar refractivity (Wildman–Crippen MR) is 72.4 cm³/mol. The molecule has 1 aromatic rings. The summed E-state index contributed by atoms with van der Waals surface area (Å²) >= 11 is 6.70. The molecule has 0 aliphatic carbocycles. The van der Waals surface area contributed by atoms with Crippen LogP contribution in [0.1, 0.15) is 20.8 Å². The summed E-state index contributed by atoms with van der Waals surface area (Å²) in [6.07, 6.45) is 0. The minimum Gasteiger partial charge on any atom is -0.459 e. The molecule has 1 aromatic carbocycles. The van der Waals surface area contributed by atoms with E-state index in [1.54, 1.807) is 20.8 Å². The molecule has 0 aliphatic heterocycles. The summed E-state index contributed by atoms with van der Waals surface area (Å²) in [5.41, 5.74) is 5.49. The van der Waals surface area contributed by atoms with E-state index in [-0.39, 0.29) is 16.7 Å². The van der Waals surface area contributed by atoms with Gasteiger partial charge in [-0.25, -0.2) is 4.39 Å². The van der Waals surface area contributed by atoms with Crippen molar-refractivity contribution >= 4 is 35.0 Å². The topological polar surface area (TPSA) is 52.3 Å². The number of carbonyl (C=O) groups excluding carboxylic acids is 1. The number of thioether (sulfide) groups is 1. The van der Waals surface area contributed by atoms with Crippen LogP contribution in [0, 0.1) is 5.82 Å². The van der Waals surface area contributed by atoms with Crippen LogP contribution in [-0.4, -0.2) is 17.3 Å². The van der Waals surface area contributed by atoms with Crippen molar-refractivity contribution in [1.82, 2.24) is 0 Å². The van der Waals surface area contributed by atoms with Gasteiger partial charge in [-0.1, -0.05) is 11.6 Å². The highest BCUT2D eigenvalue weighted by Crippen LogP contribution is 2.30. The van der Waals surface area contributed by atoms with E-state index in [0.29, 0.717) is 10.6 Å². The molecule has 0 heterocycles. The molecule has 0 saturated carbocycles. The summed E-state index contributed by atoms with van der Waals surface area (Å²) in [4.78, 5) is 12.0. The van der Waals surface area contributed by atoms with Crippen molar-refractivity contribution in [3.8, 4) is 0 Å². The number of ether oxygens (including phenoxy) is 1. The van der Waals surface area contributed by atoms with Crippen molar-refractivity contribution in [3.05, 3.63) is 23.0 Å². The highest BCUT2D eigenvalue weighted by Gasteiger charge is 2.17. The SMILES string of the molecule is CC(C)(C)OC(=O)CSc1cc(F)c(Cl)cc1N. The first kappa shape index (κ1) is 15.1. The fourth-order valence-electron chi connectivity index (χ4n) is 1.18. The van der Waals surface area contributed by atoms with E-state index >= 15 is 0 Å². The fourth-order valence-corrected chi connectivity index (χ4v) is 2.09. The molecule has 0 aromatic heterocycles. The third kappa shape index (κ3) is 4.74. The van der Waals surface area contributed by atoms with Gasteiger partial charge in [-0.05, 0) is 32.9 Å². The number of nitrogens with two attached hydrogens (primary N) is 1. The number of esters is 1. The Kier molecular flexibility index (Phi) is 4.87. The molecule has 1 rings (SSSR count). The number of anilines is 1. The number of hydrogen-bond donors (Lipinski definition) is 1. The third-order valence-corrected chi connectivity index (χ3v) is 3.15. The van der Waals surface area contributed by atoms with E-state index in [0.717, 1.165) is 11.8 Å². The van der Waals surface area contributed by atoms with Crippen molar-refractivity contribution in [2.75, 3.05) is 11.5 Å². The highest BCUT2D eigenvalue weighted by atomic mass is 35.5. The maximum absolute atomic E-state index is 13.2. The Morgan fingerprint density at radius 1 is 1.50 bits per heavy atom. The zero-order valence-corrected chi connectivity index (χ0v) is 12.0. The zero-order valence-electron chi connectivity index (χ0n) is 10.4. The quantitative estimate of drug-likeness (QED) is 0.526. The van der Waals surface area contributed by atoms with Crippen LogP contribution in [0.4, 0.5) is 10.1 Å². The van der Waals surface area contributed by atoms with Crippen LogP contribution in [0.15, 0.2) is 17.0 Å². The van der Waals surface area contributed by atoms with Gasteiger partial charge in [0.05, 0.1) is 10.8 Å². The molecular weight excluding hydrogens is 277 g/mol. The van der Waals surface area contributed by atoms with Gasteiger partial charge in [-0.3, -0.25) is 4.79 Å². The number of benzene rings is 1. The van der Waals surface area contributed by atoms with Crippen LogP contribution in [0.25, 0.3) is 0 Å². The van der Waals surface area contributed by atoms with E-state index in [1.807, 2.05) is 0 Å². The summed E-state index contributed by atoms with van der Waals surface area (Å²) in [5, 5.41) is -0.0332. The van der Waals surface area contributed by atoms with Gasteiger partial charge in [0.1, 0.15) is 11.4 Å². The van der Waals surface area contributed by atoms with Gasteiger partial charge >= 0.3 is 5.97 Å². The zero-order chi connectivity index (χ0) is 13.9. The monoisotopic (exact) mass is 291 g/mol. The minimum atomic E-state index is -0.558. The van der Waals surface area contributed by atoms with Crippen molar-refractivity contribution in [3.63, 3.8) is 0 Å². The average molecular weight is 292 g/mol. The number of nitrogen functional groups attached to an aromatic ring is 1. The molecule has 18 heavy (non-hydrogen) atoms. The molecule has 0 radical (unpaired) electrons. The van der Waals surface area contributed by atoms with Crippen molar-refractivity contribution in [2.45, 2.75) is 31.3 Å². The average Bonchev–Trinajstić information content (AvgIpc) is 2.19. The van der Waals surface area contributed by atoms with Crippen LogP contribution in [0.5, 0.6) is 0 Å². The maximum Gasteiger partial charge on any atom is 0.316 e. The molecule has 0 fully saturated rings. The van der Waals surface area contributed by atoms with Gasteiger partial charge in [0.2, 0.25) is 0 Å². The van der Waals surface area contributed by atoms with Gasteiger partial charge in [0, 0.05) is 10.6 Å². The Bertz CT molecular complexity index is 460. The summed E-state index contributed by atoms with van der Waals surface area (Å²) in [6, 6.07) is 2.54. The molecule has 0 saturated heterocycles. The summed E-state index contributed by atoms with van der Waals surface area (Å²) < 4.78 is 18.4. The fraction of sp³-hybridized carbons (Fsp3) is 0.417. The van der Waals surface area contributed by atoms with Gasteiger partial charge < -0.3 is 10.5 Å². The molecular formula is C12H15ClFNO2S. The van der Waals surface area contributed by atoms with Gasteiger partial charge in [0.15, 0.2) is 0 Å². The standard InChI is InChI=1S/C12H15ClFNO2S/c1-12(2,3)17-11(16)6-18-10-5-8(14)7(13)4-9(10)15/h4-5H,6,15H2,1-3H3. The molecule has 6 heteroatoms. The molecule has 100 valence electrons. The Balaban J connectivity index is 2.64. The minimum absolute atomic E-state index is 0.0332. The Labute approximate surface area is 115 Å².